The Kier molecular flexibility index (Phi) is 3.18. The molecular weight excluding hydrogens is 210 g/mol. The van der Waals surface area contributed by atoms with Crippen LogP contribution in [0.2, 0.25) is 0 Å². The molecule has 3 rings (SSSR count). The van der Waals surface area contributed by atoms with Crippen LogP contribution in [0.15, 0.2) is 0 Å². The van der Waals surface area contributed by atoms with Gasteiger partial charge in [0.05, 0.1) is 0 Å². The van der Waals surface area contributed by atoms with Crippen molar-refractivity contribution in [2.75, 3.05) is 20.1 Å². The minimum absolute atomic E-state index is 0.477. The van der Waals surface area contributed by atoms with Gasteiger partial charge in [-0.3, -0.25) is 4.90 Å². The first-order chi connectivity index (χ1) is 8.15. The number of nitrogens with two attached hydrogens (primary N) is 1. The minimum Gasteiger partial charge on any atom is -0.328 e. The summed E-state index contributed by atoms with van der Waals surface area (Å²) in [5.74, 6) is 0.825. The van der Waals surface area contributed by atoms with Crippen molar-refractivity contribution in [3.8, 4) is 0 Å². The summed E-state index contributed by atoms with van der Waals surface area (Å²) in [6.07, 6.45) is 6.65. The van der Waals surface area contributed by atoms with Crippen molar-refractivity contribution < 1.29 is 0 Å². The van der Waals surface area contributed by atoms with Gasteiger partial charge in [0.2, 0.25) is 0 Å². The van der Waals surface area contributed by atoms with E-state index in [0.29, 0.717) is 6.04 Å². The molecule has 17 heavy (non-hydrogen) atoms. The summed E-state index contributed by atoms with van der Waals surface area (Å²) in [6.45, 7) is 4.98. The topological polar surface area (TPSA) is 32.5 Å². The Morgan fingerprint density at radius 1 is 1.06 bits per heavy atom. The predicted octanol–water partition coefficient (Wildman–Crippen LogP) is 1.28. The molecule has 0 amide bonds. The molecule has 3 aliphatic heterocycles. The molecule has 3 fully saturated rings. The van der Waals surface area contributed by atoms with E-state index in [1.165, 1.54) is 45.2 Å². The Hall–Kier alpha value is -0.120. The van der Waals surface area contributed by atoms with Crippen LogP contribution < -0.4 is 5.73 Å². The fraction of sp³-hybridized carbons (Fsp3) is 1.00. The minimum atomic E-state index is 0.477. The maximum absolute atomic E-state index is 6.17. The normalized spacial score (nSPS) is 48.5. The van der Waals surface area contributed by atoms with E-state index in [1.54, 1.807) is 0 Å². The largest absolute Gasteiger partial charge is 0.328 e. The van der Waals surface area contributed by atoms with Gasteiger partial charge in [-0.15, -0.1) is 0 Å². The van der Waals surface area contributed by atoms with E-state index in [1.807, 2.05) is 0 Å². The fourth-order valence-corrected chi connectivity index (χ4v) is 4.58. The number of nitrogens with zero attached hydrogens (tertiary/aromatic N) is 2. The number of hydrogen-bond donors (Lipinski definition) is 1. The standard InChI is InChI=1S/C14H27N3/c1-10-9-16(2)6-5-14(10)17-12-3-4-13(17)8-11(15)7-12/h10-14H,3-9,15H2,1-2H3. The Balaban J connectivity index is 1.72. The van der Waals surface area contributed by atoms with Gasteiger partial charge >= 0.3 is 0 Å². The number of piperidine rings is 2. The summed E-state index contributed by atoms with van der Waals surface area (Å²) in [6, 6.07) is 2.92. The molecule has 3 heteroatoms. The van der Waals surface area contributed by atoms with Crippen LogP contribution in [0, 0.1) is 5.92 Å². The predicted molar refractivity (Wildman–Crippen MR) is 70.9 cm³/mol. The van der Waals surface area contributed by atoms with Crippen LogP contribution in [0.4, 0.5) is 0 Å². The SMILES string of the molecule is CC1CN(C)CCC1N1C2CCC1CC(N)C2. The molecule has 98 valence electrons. The van der Waals surface area contributed by atoms with Crippen LogP contribution in [-0.4, -0.2) is 54.1 Å². The van der Waals surface area contributed by atoms with Crippen molar-refractivity contribution in [3.05, 3.63) is 0 Å². The molecule has 3 saturated heterocycles. The highest BCUT2D eigenvalue weighted by molar-refractivity contribution is 5.01. The molecule has 3 heterocycles. The van der Waals surface area contributed by atoms with Gasteiger partial charge in [-0.05, 0) is 51.6 Å². The van der Waals surface area contributed by atoms with Gasteiger partial charge in [0.25, 0.3) is 0 Å². The summed E-state index contributed by atoms with van der Waals surface area (Å²) in [5, 5.41) is 0. The fourth-order valence-electron chi connectivity index (χ4n) is 4.58. The maximum Gasteiger partial charge on any atom is 0.0151 e. The molecule has 0 aromatic carbocycles. The molecule has 3 nitrogen and oxygen atoms in total. The third-order valence-electron chi connectivity index (χ3n) is 5.27. The lowest BCUT2D eigenvalue weighted by Crippen LogP contribution is -2.57. The molecule has 2 N–H and O–H groups in total. The van der Waals surface area contributed by atoms with Crippen LogP contribution >= 0.6 is 0 Å². The number of rotatable bonds is 1. The molecule has 0 saturated carbocycles. The van der Waals surface area contributed by atoms with Crippen LogP contribution in [-0.2, 0) is 0 Å². The zero-order valence-corrected chi connectivity index (χ0v) is 11.3. The first-order valence-corrected chi connectivity index (χ1v) is 7.36. The Morgan fingerprint density at radius 3 is 2.29 bits per heavy atom. The van der Waals surface area contributed by atoms with Crippen molar-refractivity contribution in [2.45, 2.75) is 63.2 Å². The molecule has 0 aromatic rings. The first kappa shape index (κ1) is 11.9. The maximum atomic E-state index is 6.17. The molecule has 4 unspecified atom stereocenters. The van der Waals surface area contributed by atoms with Crippen LogP contribution in [0.1, 0.15) is 39.0 Å². The number of hydrogen-bond acceptors (Lipinski definition) is 3. The summed E-state index contributed by atoms with van der Waals surface area (Å²) >= 11 is 0. The van der Waals surface area contributed by atoms with E-state index in [4.69, 9.17) is 5.73 Å². The zero-order chi connectivity index (χ0) is 12.0. The number of fused-ring (bicyclic) bond motifs is 2. The molecule has 0 aromatic heterocycles. The first-order valence-electron chi connectivity index (χ1n) is 7.36. The van der Waals surface area contributed by atoms with Crippen molar-refractivity contribution in [1.29, 1.82) is 0 Å². The Labute approximate surface area is 105 Å². The van der Waals surface area contributed by atoms with Crippen molar-refractivity contribution in [2.24, 2.45) is 11.7 Å². The molecular formula is C14H27N3. The molecule has 0 spiro atoms. The second kappa shape index (κ2) is 4.52. The van der Waals surface area contributed by atoms with Gasteiger partial charge in [0.1, 0.15) is 0 Å². The van der Waals surface area contributed by atoms with E-state index < -0.39 is 0 Å². The highest BCUT2D eigenvalue weighted by atomic mass is 15.3. The van der Waals surface area contributed by atoms with Crippen molar-refractivity contribution >= 4 is 0 Å². The van der Waals surface area contributed by atoms with E-state index >= 15 is 0 Å². The summed E-state index contributed by atoms with van der Waals surface area (Å²) in [4.78, 5) is 5.36. The molecule has 0 aliphatic carbocycles. The zero-order valence-electron chi connectivity index (χ0n) is 11.3. The van der Waals surface area contributed by atoms with Crippen molar-refractivity contribution in [3.63, 3.8) is 0 Å². The van der Waals surface area contributed by atoms with Gasteiger partial charge in [-0.1, -0.05) is 6.92 Å². The second-order valence-corrected chi connectivity index (χ2v) is 6.66. The van der Waals surface area contributed by atoms with E-state index in [2.05, 4.69) is 23.8 Å². The molecule has 3 aliphatic rings. The smallest absolute Gasteiger partial charge is 0.0151 e. The Morgan fingerprint density at radius 2 is 1.71 bits per heavy atom. The summed E-state index contributed by atoms with van der Waals surface area (Å²) in [5.41, 5.74) is 6.17. The van der Waals surface area contributed by atoms with Gasteiger partial charge in [0, 0.05) is 30.7 Å². The van der Waals surface area contributed by atoms with Crippen LogP contribution in [0.25, 0.3) is 0 Å². The highest BCUT2D eigenvalue weighted by Crippen LogP contribution is 2.39. The molecule has 4 atom stereocenters. The number of likely N-dealkylation sites (tertiary alicyclic amines) is 1. The third-order valence-corrected chi connectivity index (χ3v) is 5.27. The third kappa shape index (κ3) is 2.13. The van der Waals surface area contributed by atoms with Crippen molar-refractivity contribution in [1.82, 2.24) is 9.80 Å². The second-order valence-electron chi connectivity index (χ2n) is 6.66. The van der Waals surface area contributed by atoms with Gasteiger partial charge in [0.15, 0.2) is 0 Å². The summed E-state index contributed by atoms with van der Waals surface area (Å²) < 4.78 is 0. The molecule has 2 bridgehead atoms. The van der Waals surface area contributed by atoms with Gasteiger partial charge < -0.3 is 10.6 Å². The summed E-state index contributed by atoms with van der Waals surface area (Å²) in [7, 11) is 2.26. The van der Waals surface area contributed by atoms with E-state index in [0.717, 1.165) is 24.0 Å². The average Bonchev–Trinajstić information content (AvgIpc) is 2.53. The Bertz CT molecular complexity index is 267. The lowest BCUT2D eigenvalue weighted by Gasteiger charge is -2.48. The monoisotopic (exact) mass is 237 g/mol. The quantitative estimate of drug-likeness (QED) is 0.746. The highest BCUT2D eigenvalue weighted by Gasteiger charge is 2.44. The van der Waals surface area contributed by atoms with Crippen LogP contribution in [0.5, 0.6) is 0 Å². The lowest BCUT2D eigenvalue weighted by molar-refractivity contribution is 0.0135. The average molecular weight is 237 g/mol. The lowest BCUT2D eigenvalue weighted by atomic mass is 9.87. The van der Waals surface area contributed by atoms with Crippen LogP contribution in [0.3, 0.4) is 0 Å². The van der Waals surface area contributed by atoms with E-state index in [9.17, 15) is 0 Å². The van der Waals surface area contributed by atoms with Gasteiger partial charge in [-0.25, -0.2) is 0 Å². The van der Waals surface area contributed by atoms with E-state index in [-0.39, 0.29) is 0 Å². The molecule has 0 radical (unpaired) electrons. The van der Waals surface area contributed by atoms with Gasteiger partial charge in [-0.2, -0.15) is 0 Å².